The summed E-state index contributed by atoms with van der Waals surface area (Å²) in [6.45, 7) is 4.37. The summed E-state index contributed by atoms with van der Waals surface area (Å²) < 4.78 is 0. The van der Waals surface area contributed by atoms with Gasteiger partial charge in [-0.2, -0.15) is 5.56 Å². The minimum absolute atomic E-state index is 0. The molecule has 0 aromatic heterocycles. The molecule has 2 N–H and O–H groups in total. The number of halogens is 2. The molecule has 5 heteroatoms. The van der Waals surface area contributed by atoms with Gasteiger partial charge in [-0.3, -0.25) is 6.08 Å². The molecule has 0 amide bonds. The summed E-state index contributed by atoms with van der Waals surface area (Å²) in [7, 11) is 0. The van der Waals surface area contributed by atoms with Crippen LogP contribution in [0, 0.1) is 12.0 Å². The Hall–Kier alpha value is -0.710. The summed E-state index contributed by atoms with van der Waals surface area (Å²) in [4.78, 5) is 0. The van der Waals surface area contributed by atoms with Crippen molar-refractivity contribution in [3.05, 3.63) is 82.4 Å². The Balaban J connectivity index is 0.00000103. The van der Waals surface area contributed by atoms with E-state index in [4.69, 9.17) is 10.2 Å². The number of benzene rings is 2. The Morgan fingerprint density at radius 1 is 0.862 bits per heavy atom. The maximum Gasteiger partial charge on any atom is 0.0662 e. The number of allylic oxidation sites excluding steroid dienone is 2. The zero-order valence-electron chi connectivity index (χ0n) is 16.8. The normalized spacial score (nSPS) is 17.6. The average Bonchev–Trinajstić information content (AvgIpc) is 3.22. The first-order chi connectivity index (χ1) is 12.7. The molecule has 0 saturated carbocycles. The van der Waals surface area contributed by atoms with Crippen molar-refractivity contribution in [1.82, 2.24) is 0 Å². The van der Waals surface area contributed by atoms with Gasteiger partial charge >= 0.3 is 0 Å². The molecule has 2 aromatic rings. The maximum absolute atomic E-state index is 7.62. The van der Waals surface area contributed by atoms with Crippen molar-refractivity contribution in [2.75, 3.05) is 13.2 Å². The van der Waals surface area contributed by atoms with Crippen molar-refractivity contribution in [3.63, 3.8) is 0 Å². The number of fused-ring (bicyclic) bond motifs is 2. The van der Waals surface area contributed by atoms with Crippen LogP contribution in [-0.2, 0) is 25.8 Å². The molecule has 0 radical (unpaired) electrons. The van der Waals surface area contributed by atoms with Crippen LogP contribution in [0.2, 0.25) is 0 Å². The predicted molar refractivity (Wildman–Crippen MR) is 108 cm³/mol. The molecule has 2 aliphatic carbocycles. The van der Waals surface area contributed by atoms with E-state index in [1.165, 1.54) is 28.7 Å². The van der Waals surface area contributed by atoms with Crippen molar-refractivity contribution >= 4 is 12.2 Å². The Labute approximate surface area is 205 Å². The summed E-state index contributed by atoms with van der Waals surface area (Å²) in [5.41, 5.74) is 7.20. The third kappa shape index (κ3) is 6.63. The molecule has 156 valence electrons. The summed E-state index contributed by atoms with van der Waals surface area (Å²) in [5, 5.41) is 15.2. The van der Waals surface area contributed by atoms with Crippen molar-refractivity contribution in [2.45, 2.75) is 32.1 Å². The smallest absolute Gasteiger partial charge is 0.0662 e. The quantitative estimate of drug-likeness (QED) is 0.344. The third-order valence-electron chi connectivity index (χ3n) is 4.90. The molecule has 0 saturated heterocycles. The van der Waals surface area contributed by atoms with Crippen LogP contribution in [-0.4, -0.2) is 23.4 Å². The molecule has 2 aromatic carbocycles. The molecule has 4 rings (SSSR count). The van der Waals surface area contributed by atoms with Crippen LogP contribution >= 0.6 is 0 Å². The summed E-state index contributed by atoms with van der Waals surface area (Å²) >= 11 is 0. The van der Waals surface area contributed by atoms with Gasteiger partial charge in [0.05, 0.1) is 13.2 Å². The topological polar surface area (TPSA) is 40.5 Å². The fourth-order valence-corrected chi connectivity index (χ4v) is 3.94. The fourth-order valence-electron chi connectivity index (χ4n) is 3.94. The van der Waals surface area contributed by atoms with Gasteiger partial charge in [0.15, 0.2) is 0 Å². The second-order valence-corrected chi connectivity index (χ2v) is 7.29. The van der Waals surface area contributed by atoms with Crippen molar-refractivity contribution < 1.29 is 60.9 Å². The molecular formula is C24H27Cl2HfO2-3. The molecule has 0 spiro atoms. The Bertz CT molecular complexity index is 816. The first-order valence-electron chi connectivity index (χ1n) is 9.35. The van der Waals surface area contributed by atoms with Gasteiger partial charge in [-0.05, 0) is 29.4 Å². The second-order valence-electron chi connectivity index (χ2n) is 7.29. The minimum Gasteiger partial charge on any atom is -1.00 e. The Kier molecular flexibility index (Phi) is 13.2. The number of hydrogen-bond acceptors (Lipinski definition) is 2. The maximum atomic E-state index is 7.62. The number of rotatable bonds is 4. The molecule has 0 fully saturated rings. The van der Waals surface area contributed by atoms with E-state index in [-0.39, 0.29) is 63.9 Å². The van der Waals surface area contributed by atoms with Crippen LogP contribution in [0.4, 0.5) is 0 Å². The Morgan fingerprint density at radius 3 is 2.00 bits per heavy atom. The van der Waals surface area contributed by atoms with Gasteiger partial charge in [-0.1, -0.05) is 73.9 Å². The summed E-state index contributed by atoms with van der Waals surface area (Å²) in [6.07, 6.45) is 9.40. The fraction of sp³-hybridized carbons (Fsp3) is 0.333. The zero-order chi connectivity index (χ0) is 18.5. The van der Waals surface area contributed by atoms with E-state index in [9.17, 15) is 0 Å². The van der Waals surface area contributed by atoms with Gasteiger partial charge in [-0.25, -0.2) is 6.08 Å². The predicted octanol–water partition coefficient (Wildman–Crippen LogP) is -1.20. The SMILES string of the molecule is CC(C)CC1=Cc2ccccc2C1C1[C-]=Cc2ccccc21.OCCO.[Cl-].[Cl-].[Hf]. The zero-order valence-corrected chi connectivity index (χ0v) is 21.9. The van der Waals surface area contributed by atoms with Gasteiger partial charge in [0, 0.05) is 25.8 Å². The van der Waals surface area contributed by atoms with E-state index < -0.39 is 0 Å². The molecule has 2 nitrogen and oxygen atoms in total. The van der Waals surface area contributed by atoms with Gasteiger partial charge in [-0.15, -0.1) is 11.6 Å². The van der Waals surface area contributed by atoms with Gasteiger partial charge in [0.2, 0.25) is 0 Å². The molecule has 2 aliphatic rings. The Morgan fingerprint density at radius 2 is 1.41 bits per heavy atom. The minimum atomic E-state index is -0.125. The van der Waals surface area contributed by atoms with E-state index >= 15 is 0 Å². The van der Waals surface area contributed by atoms with Crippen LogP contribution in [0.3, 0.4) is 0 Å². The van der Waals surface area contributed by atoms with Crippen molar-refractivity contribution in [3.8, 4) is 0 Å². The molecular weight excluding hydrogens is 570 g/mol. The average molecular weight is 597 g/mol. The van der Waals surface area contributed by atoms with Gasteiger partial charge < -0.3 is 35.0 Å². The summed E-state index contributed by atoms with van der Waals surface area (Å²) in [6, 6.07) is 17.6. The molecule has 0 aliphatic heterocycles. The molecule has 29 heavy (non-hydrogen) atoms. The van der Waals surface area contributed by atoms with Gasteiger partial charge in [0.1, 0.15) is 0 Å². The van der Waals surface area contributed by atoms with Crippen LogP contribution in [0.25, 0.3) is 12.2 Å². The first-order valence-corrected chi connectivity index (χ1v) is 9.35. The molecule has 2 atom stereocenters. The number of aliphatic hydroxyl groups excluding tert-OH is 2. The van der Waals surface area contributed by atoms with E-state index in [0.717, 1.165) is 0 Å². The molecule has 0 bridgehead atoms. The van der Waals surface area contributed by atoms with E-state index in [1.54, 1.807) is 5.57 Å². The number of aliphatic hydroxyl groups is 2. The largest absolute Gasteiger partial charge is 1.00 e. The molecule has 0 heterocycles. The first kappa shape index (κ1) is 28.3. The van der Waals surface area contributed by atoms with Crippen molar-refractivity contribution in [2.24, 2.45) is 5.92 Å². The summed E-state index contributed by atoms with van der Waals surface area (Å²) in [5.74, 6) is 1.51. The van der Waals surface area contributed by atoms with E-state index in [2.05, 4.69) is 80.6 Å². The third-order valence-corrected chi connectivity index (χ3v) is 4.90. The van der Waals surface area contributed by atoms with Crippen molar-refractivity contribution in [1.29, 1.82) is 0 Å². The molecule has 2 unspecified atom stereocenters. The van der Waals surface area contributed by atoms with Crippen LogP contribution in [0.1, 0.15) is 54.4 Å². The van der Waals surface area contributed by atoms with Crippen LogP contribution in [0.15, 0.2) is 54.1 Å². The van der Waals surface area contributed by atoms with Crippen LogP contribution in [0.5, 0.6) is 0 Å². The monoisotopic (exact) mass is 597 g/mol. The van der Waals surface area contributed by atoms with E-state index in [0.29, 0.717) is 17.8 Å². The second kappa shape index (κ2) is 13.6. The standard InChI is InChI=1S/C22H21.C2H6O2.2ClH.Hf/c1-15(2)13-18-14-17-8-4-6-10-20(17)22(18)21-12-11-16-7-3-5-9-19(16)21;3-1-2-4;;;/h3-11,14-15,21-22H,13H2,1-2H3;3-4H,1-2H2;2*1H;/q-1;;;;/p-2. The number of hydrogen-bond donors (Lipinski definition) is 2. The van der Waals surface area contributed by atoms with E-state index in [1.807, 2.05) is 0 Å². The van der Waals surface area contributed by atoms with Crippen LogP contribution < -0.4 is 24.8 Å². The van der Waals surface area contributed by atoms with Gasteiger partial charge in [0.25, 0.3) is 0 Å².